The zero-order valence-electron chi connectivity index (χ0n) is 9.26. The summed E-state index contributed by atoms with van der Waals surface area (Å²) in [6.45, 7) is 2.06. The van der Waals surface area contributed by atoms with Crippen molar-refractivity contribution in [2.75, 3.05) is 0 Å². The first-order valence-corrected chi connectivity index (χ1v) is 6.11. The van der Waals surface area contributed by atoms with Crippen molar-refractivity contribution in [1.29, 1.82) is 0 Å². The first-order valence-electron chi connectivity index (χ1n) is 5.31. The molecule has 0 saturated carbocycles. The van der Waals surface area contributed by atoms with E-state index in [9.17, 15) is 0 Å². The smallest absolute Gasteiger partial charge is 0.168 e. The van der Waals surface area contributed by atoms with Crippen LogP contribution in [0, 0.1) is 6.92 Å². The lowest BCUT2D eigenvalue weighted by atomic mass is 10.2. The van der Waals surface area contributed by atoms with Crippen molar-refractivity contribution < 1.29 is 0 Å². The summed E-state index contributed by atoms with van der Waals surface area (Å²) in [4.78, 5) is 0. The van der Waals surface area contributed by atoms with Gasteiger partial charge in [0.05, 0.1) is 0 Å². The van der Waals surface area contributed by atoms with Crippen LogP contribution in [0.25, 0.3) is 17.0 Å². The van der Waals surface area contributed by atoms with Crippen LogP contribution in [0.15, 0.2) is 47.1 Å². The van der Waals surface area contributed by atoms with Gasteiger partial charge in [0.2, 0.25) is 0 Å². The lowest BCUT2D eigenvalue weighted by Crippen LogP contribution is -1.90. The highest BCUT2D eigenvalue weighted by molar-refractivity contribution is 9.10. The van der Waals surface area contributed by atoms with Gasteiger partial charge in [-0.1, -0.05) is 34.1 Å². The molecule has 0 bridgehead atoms. The summed E-state index contributed by atoms with van der Waals surface area (Å²) in [5.74, 6) is 0.871. The number of halogens is 1. The Balaban J connectivity index is 2.23. The Morgan fingerprint density at radius 3 is 2.53 bits per heavy atom. The molecule has 2 aromatic heterocycles. The molecule has 0 spiro atoms. The standard InChI is InChI=1S/C13H10BrN3/c1-9-2-7-12-15-16-13(17(12)8-9)10-3-5-11(14)6-4-10/h2-8H,1H3. The van der Waals surface area contributed by atoms with Gasteiger partial charge in [-0.05, 0) is 30.7 Å². The number of rotatable bonds is 1. The van der Waals surface area contributed by atoms with Gasteiger partial charge < -0.3 is 0 Å². The number of benzene rings is 1. The third kappa shape index (κ3) is 1.85. The molecule has 3 rings (SSSR count). The molecule has 4 heteroatoms. The van der Waals surface area contributed by atoms with Gasteiger partial charge in [-0.25, -0.2) is 0 Å². The van der Waals surface area contributed by atoms with E-state index in [1.807, 2.05) is 47.0 Å². The van der Waals surface area contributed by atoms with Crippen LogP contribution in [0.3, 0.4) is 0 Å². The van der Waals surface area contributed by atoms with Gasteiger partial charge in [-0.2, -0.15) is 0 Å². The molecule has 3 aromatic rings. The highest BCUT2D eigenvalue weighted by atomic mass is 79.9. The summed E-state index contributed by atoms with van der Waals surface area (Å²) < 4.78 is 3.07. The van der Waals surface area contributed by atoms with Crippen molar-refractivity contribution >= 4 is 21.6 Å². The maximum Gasteiger partial charge on any atom is 0.168 e. The molecule has 0 amide bonds. The van der Waals surface area contributed by atoms with Gasteiger partial charge in [-0.3, -0.25) is 4.40 Å². The third-order valence-electron chi connectivity index (χ3n) is 2.65. The Hall–Kier alpha value is -1.68. The molecule has 0 unspecified atom stereocenters. The van der Waals surface area contributed by atoms with Gasteiger partial charge in [0.25, 0.3) is 0 Å². The summed E-state index contributed by atoms with van der Waals surface area (Å²) >= 11 is 3.43. The van der Waals surface area contributed by atoms with Gasteiger partial charge >= 0.3 is 0 Å². The molecule has 3 nitrogen and oxygen atoms in total. The van der Waals surface area contributed by atoms with Crippen molar-refractivity contribution in [3.8, 4) is 11.4 Å². The number of fused-ring (bicyclic) bond motifs is 1. The minimum Gasteiger partial charge on any atom is -0.282 e. The van der Waals surface area contributed by atoms with E-state index in [-0.39, 0.29) is 0 Å². The summed E-state index contributed by atoms with van der Waals surface area (Å²) in [7, 11) is 0. The van der Waals surface area contributed by atoms with E-state index in [0.29, 0.717) is 0 Å². The maximum absolute atomic E-state index is 4.23. The predicted octanol–water partition coefficient (Wildman–Crippen LogP) is 3.47. The second-order valence-electron chi connectivity index (χ2n) is 3.97. The number of aromatic nitrogens is 3. The van der Waals surface area contributed by atoms with E-state index in [4.69, 9.17) is 0 Å². The molecule has 0 aliphatic carbocycles. The Morgan fingerprint density at radius 2 is 1.76 bits per heavy atom. The van der Waals surface area contributed by atoms with Crippen molar-refractivity contribution in [1.82, 2.24) is 14.6 Å². The van der Waals surface area contributed by atoms with E-state index in [2.05, 4.69) is 33.1 Å². The van der Waals surface area contributed by atoms with Crippen LogP contribution in [0.5, 0.6) is 0 Å². The topological polar surface area (TPSA) is 30.2 Å². The SMILES string of the molecule is Cc1ccc2nnc(-c3ccc(Br)cc3)n2c1. The largest absolute Gasteiger partial charge is 0.282 e. The van der Waals surface area contributed by atoms with Crippen molar-refractivity contribution in [3.05, 3.63) is 52.6 Å². The molecule has 1 aromatic carbocycles. The van der Waals surface area contributed by atoms with E-state index >= 15 is 0 Å². The fraction of sp³-hybridized carbons (Fsp3) is 0.0769. The molecule has 0 radical (unpaired) electrons. The number of hydrogen-bond acceptors (Lipinski definition) is 2. The molecule has 2 heterocycles. The maximum atomic E-state index is 4.23. The Labute approximate surface area is 107 Å². The lowest BCUT2D eigenvalue weighted by molar-refractivity contribution is 1.11. The summed E-state index contributed by atoms with van der Waals surface area (Å²) in [5.41, 5.74) is 3.12. The van der Waals surface area contributed by atoms with Crippen LogP contribution in [-0.4, -0.2) is 14.6 Å². The van der Waals surface area contributed by atoms with Crippen LogP contribution in [0.1, 0.15) is 5.56 Å². The Morgan fingerprint density at radius 1 is 1.00 bits per heavy atom. The molecule has 0 aliphatic heterocycles. The summed E-state index contributed by atoms with van der Waals surface area (Å²) in [6.07, 6.45) is 2.05. The normalized spacial score (nSPS) is 10.9. The molecular weight excluding hydrogens is 278 g/mol. The quantitative estimate of drug-likeness (QED) is 0.686. The van der Waals surface area contributed by atoms with E-state index < -0.39 is 0 Å². The van der Waals surface area contributed by atoms with E-state index in [1.54, 1.807) is 0 Å². The van der Waals surface area contributed by atoms with E-state index in [1.165, 1.54) is 5.56 Å². The average molecular weight is 288 g/mol. The Bertz CT molecular complexity index is 671. The highest BCUT2D eigenvalue weighted by Crippen LogP contribution is 2.21. The minimum atomic E-state index is 0.869. The fourth-order valence-corrected chi connectivity index (χ4v) is 2.06. The summed E-state index contributed by atoms with van der Waals surface area (Å²) in [6, 6.07) is 12.1. The minimum absolute atomic E-state index is 0.869. The molecule has 84 valence electrons. The van der Waals surface area contributed by atoms with Crippen molar-refractivity contribution in [3.63, 3.8) is 0 Å². The van der Waals surface area contributed by atoms with Crippen molar-refractivity contribution in [2.24, 2.45) is 0 Å². The zero-order valence-corrected chi connectivity index (χ0v) is 10.8. The van der Waals surface area contributed by atoms with Gasteiger partial charge in [0.1, 0.15) is 0 Å². The van der Waals surface area contributed by atoms with Crippen LogP contribution >= 0.6 is 15.9 Å². The van der Waals surface area contributed by atoms with Crippen LogP contribution in [0.4, 0.5) is 0 Å². The molecule has 17 heavy (non-hydrogen) atoms. The first kappa shape index (κ1) is 10.5. The number of pyridine rings is 1. The average Bonchev–Trinajstić information content (AvgIpc) is 2.73. The third-order valence-corrected chi connectivity index (χ3v) is 3.18. The highest BCUT2D eigenvalue weighted by Gasteiger charge is 2.07. The molecule has 0 aliphatic rings. The second-order valence-corrected chi connectivity index (χ2v) is 4.88. The van der Waals surface area contributed by atoms with Crippen LogP contribution in [0.2, 0.25) is 0 Å². The summed E-state index contributed by atoms with van der Waals surface area (Å²) in [5, 5.41) is 8.39. The van der Waals surface area contributed by atoms with E-state index in [0.717, 1.165) is 21.5 Å². The van der Waals surface area contributed by atoms with Crippen LogP contribution < -0.4 is 0 Å². The van der Waals surface area contributed by atoms with Gasteiger partial charge in [0.15, 0.2) is 11.5 Å². The predicted molar refractivity (Wildman–Crippen MR) is 70.9 cm³/mol. The van der Waals surface area contributed by atoms with Crippen LogP contribution in [-0.2, 0) is 0 Å². The molecule has 0 N–H and O–H groups in total. The molecular formula is C13H10BrN3. The second kappa shape index (κ2) is 3.96. The number of aryl methyl sites for hydroxylation is 1. The number of hydrogen-bond donors (Lipinski definition) is 0. The molecule has 0 atom stereocenters. The fourth-order valence-electron chi connectivity index (χ4n) is 1.79. The number of nitrogens with zero attached hydrogens (tertiary/aromatic N) is 3. The molecule has 0 fully saturated rings. The van der Waals surface area contributed by atoms with Gasteiger partial charge in [-0.15, -0.1) is 10.2 Å². The lowest BCUT2D eigenvalue weighted by Gasteiger charge is -2.01. The monoisotopic (exact) mass is 287 g/mol. The zero-order chi connectivity index (χ0) is 11.8. The van der Waals surface area contributed by atoms with Crippen molar-refractivity contribution in [2.45, 2.75) is 6.92 Å². The Kier molecular flexibility index (Phi) is 2.44. The van der Waals surface area contributed by atoms with Gasteiger partial charge in [0, 0.05) is 16.2 Å². The molecule has 0 saturated heterocycles. The first-order chi connectivity index (χ1) is 8.24.